The molecule has 314 valence electrons. The average Bonchev–Trinajstić information content (AvgIpc) is 3.92. The molecule has 0 bridgehead atoms. The van der Waals surface area contributed by atoms with E-state index in [0.29, 0.717) is 11.1 Å². The van der Waals surface area contributed by atoms with Crippen LogP contribution < -0.4 is 0 Å². The summed E-state index contributed by atoms with van der Waals surface area (Å²) in [5.41, 5.74) is 16.7. The van der Waals surface area contributed by atoms with Crippen molar-refractivity contribution in [2.24, 2.45) is 0 Å². The highest BCUT2D eigenvalue weighted by Crippen LogP contribution is 2.47. The lowest BCUT2D eigenvalue weighted by Gasteiger charge is -2.19. The number of para-hydroxylation sites is 2. The van der Waals surface area contributed by atoms with Crippen molar-refractivity contribution < 1.29 is 0 Å². The second-order valence-electron chi connectivity index (χ2n) is 17.4. The summed E-state index contributed by atoms with van der Waals surface area (Å²) < 4.78 is 4.58. The number of fused-ring (bicyclic) bond motifs is 8. The molecule has 5 nitrogen and oxygen atoms in total. The van der Waals surface area contributed by atoms with Crippen molar-refractivity contribution in [2.45, 2.75) is 0 Å². The molecule has 0 radical (unpaired) electrons. The van der Waals surface area contributed by atoms with Gasteiger partial charge in [0, 0.05) is 45.3 Å². The maximum atomic E-state index is 9.96. The van der Waals surface area contributed by atoms with E-state index in [2.05, 4.69) is 202 Å². The Morgan fingerprint density at radius 2 is 0.647 bits per heavy atom. The van der Waals surface area contributed by atoms with Gasteiger partial charge in [-0.15, -0.1) is 0 Å². The molecule has 0 amide bonds. The molecule has 10 aromatic carbocycles. The maximum absolute atomic E-state index is 9.96. The molecule has 0 N–H and O–H groups in total. The number of rotatable bonds is 6. The Labute approximate surface area is 391 Å². The minimum absolute atomic E-state index is 0.636. The van der Waals surface area contributed by atoms with Crippen molar-refractivity contribution in [2.75, 3.05) is 0 Å². The highest BCUT2D eigenvalue weighted by Gasteiger charge is 2.21. The summed E-state index contributed by atoms with van der Waals surface area (Å²) in [6.45, 7) is 0. The third-order valence-corrected chi connectivity index (χ3v) is 13.6. The predicted molar refractivity (Wildman–Crippen MR) is 279 cm³/mol. The Bertz CT molecular complexity index is 3970. The van der Waals surface area contributed by atoms with Crippen molar-refractivity contribution in [1.29, 1.82) is 10.5 Å². The molecule has 0 aliphatic rings. The molecular weight excluding hydrogens is 827 g/mol. The molecule has 0 unspecified atom stereocenters. The van der Waals surface area contributed by atoms with Crippen LogP contribution in [0.2, 0.25) is 0 Å². The Hall–Kier alpha value is -9.55. The van der Waals surface area contributed by atoms with E-state index < -0.39 is 0 Å². The molecule has 13 aromatic rings. The molecule has 0 saturated carbocycles. The minimum Gasteiger partial charge on any atom is -0.309 e. The average molecular weight is 864 g/mol. The molecule has 3 heterocycles. The smallest absolute Gasteiger partial charge is 0.0991 e. The zero-order valence-electron chi connectivity index (χ0n) is 36.6. The van der Waals surface area contributed by atoms with Gasteiger partial charge < -0.3 is 9.13 Å². The Morgan fingerprint density at radius 1 is 0.294 bits per heavy atom. The van der Waals surface area contributed by atoms with Crippen molar-refractivity contribution >= 4 is 65.2 Å². The third kappa shape index (κ3) is 6.12. The summed E-state index contributed by atoms with van der Waals surface area (Å²) in [4.78, 5) is 4.44. The van der Waals surface area contributed by atoms with Crippen LogP contribution in [0, 0.1) is 22.7 Å². The zero-order valence-corrected chi connectivity index (χ0v) is 36.6. The van der Waals surface area contributed by atoms with E-state index >= 15 is 0 Å². The van der Waals surface area contributed by atoms with Gasteiger partial charge in [-0.3, -0.25) is 4.98 Å². The van der Waals surface area contributed by atoms with Crippen molar-refractivity contribution in [1.82, 2.24) is 14.1 Å². The molecule has 0 fully saturated rings. The van der Waals surface area contributed by atoms with Crippen LogP contribution in [-0.2, 0) is 0 Å². The summed E-state index contributed by atoms with van der Waals surface area (Å²) in [5.74, 6) is 0. The first-order valence-electron chi connectivity index (χ1n) is 22.7. The van der Waals surface area contributed by atoms with Crippen molar-refractivity contribution in [3.05, 3.63) is 236 Å². The molecule has 5 heteroatoms. The van der Waals surface area contributed by atoms with E-state index in [1.165, 1.54) is 5.56 Å². The summed E-state index contributed by atoms with van der Waals surface area (Å²) >= 11 is 0. The fourth-order valence-corrected chi connectivity index (χ4v) is 10.6. The Balaban J connectivity index is 1.05. The van der Waals surface area contributed by atoms with Gasteiger partial charge in [0.15, 0.2) is 0 Å². The quantitative estimate of drug-likeness (QED) is 0.156. The first-order valence-corrected chi connectivity index (χ1v) is 22.7. The second kappa shape index (κ2) is 15.6. The standard InChI is InChI=1S/C63H37N5/c64-38-40-16-24-58-52(32-40)54-34-46(20-26-60(54)67(58)48-12-6-2-7-13-48)44-19-23-51-56(36-44)62(42-10-4-1-5-11-42)50-22-18-45(37-57(50)63(51)43-28-30-66-31-29-43)47-21-27-61-55(35-47)53-33-41(39-65)17-25-59(53)68(61)49-14-8-3-9-15-49/h1-37H. The van der Waals surface area contributed by atoms with Crippen LogP contribution in [0.25, 0.3) is 121 Å². The van der Waals surface area contributed by atoms with Gasteiger partial charge in [0.05, 0.1) is 45.3 Å². The largest absolute Gasteiger partial charge is 0.309 e. The monoisotopic (exact) mass is 863 g/mol. The number of benzene rings is 10. The fourth-order valence-electron chi connectivity index (χ4n) is 10.6. The van der Waals surface area contributed by atoms with Gasteiger partial charge in [-0.2, -0.15) is 10.5 Å². The van der Waals surface area contributed by atoms with E-state index in [9.17, 15) is 10.5 Å². The molecular formula is C63H37N5. The van der Waals surface area contributed by atoms with Crippen LogP contribution in [0.3, 0.4) is 0 Å². The van der Waals surface area contributed by atoms with Gasteiger partial charge >= 0.3 is 0 Å². The summed E-state index contributed by atoms with van der Waals surface area (Å²) in [6, 6.07) is 79.8. The van der Waals surface area contributed by atoms with Crippen LogP contribution >= 0.6 is 0 Å². The van der Waals surface area contributed by atoms with Gasteiger partial charge in [0.2, 0.25) is 0 Å². The van der Waals surface area contributed by atoms with E-state index in [1.54, 1.807) is 0 Å². The molecule has 13 rings (SSSR count). The van der Waals surface area contributed by atoms with E-state index in [1.807, 2.05) is 48.8 Å². The van der Waals surface area contributed by atoms with Gasteiger partial charge in [-0.05, 0) is 175 Å². The lowest BCUT2D eigenvalue weighted by atomic mass is 9.84. The van der Waals surface area contributed by atoms with Crippen LogP contribution in [0.4, 0.5) is 0 Å². The van der Waals surface area contributed by atoms with Crippen LogP contribution in [0.5, 0.6) is 0 Å². The molecule has 68 heavy (non-hydrogen) atoms. The molecule has 0 atom stereocenters. The zero-order chi connectivity index (χ0) is 45.3. The predicted octanol–water partition coefficient (Wildman–Crippen LogP) is 16.0. The van der Waals surface area contributed by atoms with E-state index in [0.717, 1.165) is 115 Å². The molecule has 0 spiro atoms. The summed E-state index contributed by atoms with van der Waals surface area (Å²) in [5, 5.41) is 28.8. The van der Waals surface area contributed by atoms with E-state index in [4.69, 9.17) is 0 Å². The third-order valence-electron chi connectivity index (χ3n) is 13.6. The first kappa shape index (κ1) is 38.9. The highest BCUT2D eigenvalue weighted by molar-refractivity contribution is 6.23. The van der Waals surface area contributed by atoms with Gasteiger partial charge in [-0.1, -0.05) is 103 Å². The number of nitrogens with zero attached hydrogens (tertiary/aromatic N) is 5. The molecule has 3 aromatic heterocycles. The number of hydrogen-bond donors (Lipinski definition) is 0. The Kier molecular flexibility index (Phi) is 8.90. The SMILES string of the molecule is N#Cc1ccc2c(c1)c1cc(-c3ccc4c(-c5ccncc5)c5cc(-c6ccc7c(c6)c6cc(C#N)ccc6n7-c6ccccc6)ccc5c(-c5ccccc5)c4c3)ccc1n2-c1ccccc1. The van der Waals surface area contributed by atoms with Crippen molar-refractivity contribution in [3.63, 3.8) is 0 Å². The van der Waals surface area contributed by atoms with Crippen LogP contribution in [0.1, 0.15) is 11.1 Å². The Morgan fingerprint density at radius 3 is 1.07 bits per heavy atom. The second-order valence-corrected chi connectivity index (χ2v) is 17.4. The molecule has 0 aliphatic heterocycles. The first-order chi connectivity index (χ1) is 33.6. The maximum Gasteiger partial charge on any atom is 0.0991 e. The molecule has 0 aliphatic carbocycles. The normalized spacial score (nSPS) is 11.5. The van der Waals surface area contributed by atoms with Gasteiger partial charge in [-0.25, -0.2) is 0 Å². The van der Waals surface area contributed by atoms with Gasteiger partial charge in [0.1, 0.15) is 0 Å². The lowest BCUT2D eigenvalue weighted by molar-refractivity contribution is 1.18. The summed E-state index contributed by atoms with van der Waals surface area (Å²) in [6.07, 6.45) is 3.75. The lowest BCUT2D eigenvalue weighted by Crippen LogP contribution is -1.94. The van der Waals surface area contributed by atoms with Crippen LogP contribution in [0.15, 0.2) is 225 Å². The van der Waals surface area contributed by atoms with Gasteiger partial charge in [0.25, 0.3) is 0 Å². The van der Waals surface area contributed by atoms with Crippen molar-refractivity contribution in [3.8, 4) is 68.0 Å². The minimum atomic E-state index is 0.636. The molecule has 0 saturated heterocycles. The topological polar surface area (TPSA) is 70.3 Å². The number of hydrogen-bond acceptors (Lipinski definition) is 3. The van der Waals surface area contributed by atoms with Crippen LogP contribution in [-0.4, -0.2) is 14.1 Å². The number of pyridine rings is 1. The van der Waals surface area contributed by atoms with E-state index in [-0.39, 0.29) is 0 Å². The highest BCUT2D eigenvalue weighted by atomic mass is 15.0. The summed E-state index contributed by atoms with van der Waals surface area (Å²) in [7, 11) is 0. The number of nitriles is 2. The fraction of sp³-hybridized carbons (Fsp3) is 0. The number of aromatic nitrogens is 3.